The Morgan fingerprint density at radius 1 is 1.32 bits per heavy atom. The first-order valence-corrected chi connectivity index (χ1v) is 9.01. The van der Waals surface area contributed by atoms with Gasteiger partial charge in [-0.15, -0.1) is 0 Å². The molecule has 0 aliphatic carbocycles. The largest absolute Gasteiger partial charge is 0.416 e. The average Bonchev–Trinajstić information content (AvgIpc) is 2.99. The highest BCUT2D eigenvalue weighted by Crippen LogP contribution is 2.31. The minimum Gasteiger partial charge on any atom is -0.335 e. The van der Waals surface area contributed by atoms with Gasteiger partial charge in [-0.1, -0.05) is 0 Å². The Labute approximate surface area is 141 Å². The lowest BCUT2D eigenvalue weighted by atomic mass is 9.98. The molecule has 0 saturated carbocycles. The Balaban J connectivity index is 1.74. The van der Waals surface area contributed by atoms with Crippen LogP contribution >= 0.6 is 0 Å². The second kappa shape index (κ2) is 6.41. The summed E-state index contributed by atoms with van der Waals surface area (Å²) in [6, 6.07) is 1.33. The maximum absolute atomic E-state index is 13.8. The highest BCUT2D eigenvalue weighted by atomic mass is 32.2. The zero-order chi connectivity index (χ0) is 18.2. The summed E-state index contributed by atoms with van der Waals surface area (Å²) in [5, 5.41) is 0. The first kappa shape index (κ1) is 17.9. The van der Waals surface area contributed by atoms with E-state index in [1.54, 1.807) is 6.20 Å². The molecular weight excluding hydrogens is 362 g/mol. The third-order valence-electron chi connectivity index (χ3n) is 4.16. The van der Waals surface area contributed by atoms with Gasteiger partial charge in [-0.25, -0.2) is 22.5 Å². The van der Waals surface area contributed by atoms with Crippen molar-refractivity contribution in [2.45, 2.75) is 30.5 Å². The van der Waals surface area contributed by atoms with Gasteiger partial charge in [-0.3, -0.25) is 0 Å². The van der Waals surface area contributed by atoms with Gasteiger partial charge >= 0.3 is 6.18 Å². The minimum atomic E-state index is -4.75. The predicted octanol–water partition coefficient (Wildman–Crippen LogP) is 2.58. The van der Waals surface area contributed by atoms with Crippen LogP contribution in [0.5, 0.6) is 0 Å². The van der Waals surface area contributed by atoms with Crippen molar-refractivity contribution in [3.63, 3.8) is 0 Å². The fourth-order valence-corrected chi connectivity index (χ4v) is 4.00. The number of aromatic nitrogens is 2. The number of imidazole rings is 1. The second-order valence-electron chi connectivity index (χ2n) is 5.89. The Kier molecular flexibility index (Phi) is 4.58. The van der Waals surface area contributed by atoms with Crippen LogP contribution < -0.4 is 4.72 Å². The van der Waals surface area contributed by atoms with E-state index in [-0.39, 0.29) is 12.5 Å². The third-order valence-corrected chi connectivity index (χ3v) is 5.60. The average molecular weight is 377 g/mol. The van der Waals surface area contributed by atoms with Gasteiger partial charge in [0.2, 0.25) is 10.0 Å². The summed E-state index contributed by atoms with van der Waals surface area (Å²) in [5.74, 6) is -0.459. The molecule has 1 atom stereocenters. The molecule has 1 aliphatic rings. The lowest BCUT2D eigenvalue weighted by Gasteiger charge is -2.23. The summed E-state index contributed by atoms with van der Waals surface area (Å²) < 4.78 is 80.6. The molecule has 0 saturated heterocycles. The fourth-order valence-electron chi connectivity index (χ4n) is 2.78. The zero-order valence-electron chi connectivity index (χ0n) is 12.9. The molecule has 0 amide bonds. The molecule has 0 fully saturated rings. The van der Waals surface area contributed by atoms with Crippen molar-refractivity contribution in [3.05, 3.63) is 47.8 Å². The highest BCUT2D eigenvalue weighted by molar-refractivity contribution is 7.89. The highest BCUT2D eigenvalue weighted by Gasteiger charge is 2.33. The summed E-state index contributed by atoms with van der Waals surface area (Å²) in [4.78, 5) is 3.16. The summed E-state index contributed by atoms with van der Waals surface area (Å²) >= 11 is 0. The summed E-state index contributed by atoms with van der Waals surface area (Å²) in [7, 11) is -4.39. The molecule has 2 aromatic rings. The minimum absolute atomic E-state index is 0.00484. The van der Waals surface area contributed by atoms with E-state index in [4.69, 9.17) is 0 Å². The number of sulfonamides is 1. The standard InChI is InChI=1S/C15H15F4N3O2S/c16-12-2-1-11(15(17,18)19)8-13(12)25(23,24)21-9-10-3-5-22-6-4-20-14(22)7-10/h1-2,4,6,8,10,21H,3,5,7,9H2/t10-/m1/s1. The molecule has 0 radical (unpaired) electrons. The van der Waals surface area contributed by atoms with Gasteiger partial charge in [0.25, 0.3) is 0 Å². The summed E-state index contributed by atoms with van der Waals surface area (Å²) in [6.45, 7) is 0.685. The van der Waals surface area contributed by atoms with Crippen LogP contribution in [0.15, 0.2) is 35.5 Å². The van der Waals surface area contributed by atoms with Crippen molar-refractivity contribution in [2.24, 2.45) is 5.92 Å². The maximum Gasteiger partial charge on any atom is 0.416 e. The Morgan fingerprint density at radius 2 is 2.08 bits per heavy atom. The van der Waals surface area contributed by atoms with Crippen LogP contribution in [0, 0.1) is 11.7 Å². The molecule has 1 aliphatic heterocycles. The maximum atomic E-state index is 13.8. The third kappa shape index (κ3) is 3.84. The number of nitrogens with one attached hydrogen (secondary N) is 1. The molecule has 10 heteroatoms. The molecule has 1 aromatic carbocycles. The molecule has 0 unspecified atom stereocenters. The van der Waals surface area contributed by atoms with Crippen LogP contribution in [0.3, 0.4) is 0 Å². The number of hydrogen-bond acceptors (Lipinski definition) is 3. The van der Waals surface area contributed by atoms with Crippen molar-refractivity contribution >= 4 is 10.0 Å². The Bertz CT molecular complexity index is 877. The molecule has 25 heavy (non-hydrogen) atoms. The number of aryl methyl sites for hydroxylation is 1. The summed E-state index contributed by atoms with van der Waals surface area (Å²) in [6.07, 6.45) is -0.0381. The molecule has 5 nitrogen and oxygen atoms in total. The van der Waals surface area contributed by atoms with Gasteiger partial charge < -0.3 is 4.57 Å². The van der Waals surface area contributed by atoms with Crippen LogP contribution in [-0.4, -0.2) is 24.5 Å². The van der Waals surface area contributed by atoms with Gasteiger partial charge in [-0.05, 0) is 30.5 Å². The van der Waals surface area contributed by atoms with Crippen molar-refractivity contribution in [3.8, 4) is 0 Å². The lowest BCUT2D eigenvalue weighted by molar-refractivity contribution is -0.137. The zero-order valence-corrected chi connectivity index (χ0v) is 13.7. The van der Waals surface area contributed by atoms with Crippen LogP contribution in [0.2, 0.25) is 0 Å². The van der Waals surface area contributed by atoms with Crippen LogP contribution in [-0.2, 0) is 29.2 Å². The smallest absolute Gasteiger partial charge is 0.335 e. The van der Waals surface area contributed by atoms with Crippen molar-refractivity contribution in [1.82, 2.24) is 14.3 Å². The fraction of sp³-hybridized carbons (Fsp3) is 0.400. The van der Waals surface area contributed by atoms with Gasteiger partial charge in [0.05, 0.1) is 5.56 Å². The topological polar surface area (TPSA) is 64.0 Å². The van der Waals surface area contributed by atoms with Crippen molar-refractivity contribution < 1.29 is 26.0 Å². The van der Waals surface area contributed by atoms with Gasteiger partial charge in [-0.2, -0.15) is 13.2 Å². The van der Waals surface area contributed by atoms with E-state index in [2.05, 4.69) is 9.71 Å². The van der Waals surface area contributed by atoms with E-state index in [1.165, 1.54) is 0 Å². The molecule has 0 spiro atoms. The van der Waals surface area contributed by atoms with Crippen LogP contribution in [0.1, 0.15) is 17.8 Å². The van der Waals surface area contributed by atoms with Crippen molar-refractivity contribution in [1.29, 1.82) is 0 Å². The number of benzene rings is 1. The quantitative estimate of drug-likeness (QED) is 0.833. The number of alkyl halides is 3. The molecule has 136 valence electrons. The van der Waals surface area contributed by atoms with Gasteiger partial charge in [0, 0.05) is 31.9 Å². The van der Waals surface area contributed by atoms with E-state index in [9.17, 15) is 26.0 Å². The van der Waals surface area contributed by atoms with Gasteiger partial charge in [0.1, 0.15) is 16.5 Å². The number of rotatable bonds is 4. The van der Waals surface area contributed by atoms with E-state index in [1.807, 2.05) is 10.8 Å². The molecule has 2 heterocycles. The van der Waals surface area contributed by atoms with Crippen molar-refractivity contribution in [2.75, 3.05) is 6.54 Å². The SMILES string of the molecule is O=S(=O)(NC[C@@H]1CCn2ccnc2C1)c1cc(C(F)(F)F)ccc1F. The Hall–Kier alpha value is -1.94. The number of nitrogens with zero attached hydrogens (tertiary/aromatic N) is 2. The molecular formula is C15H15F4N3O2S. The number of fused-ring (bicyclic) bond motifs is 1. The number of hydrogen-bond donors (Lipinski definition) is 1. The lowest BCUT2D eigenvalue weighted by Crippen LogP contribution is -2.33. The van der Waals surface area contributed by atoms with Crippen LogP contribution in [0.4, 0.5) is 17.6 Å². The Morgan fingerprint density at radius 3 is 2.80 bits per heavy atom. The first-order valence-electron chi connectivity index (χ1n) is 7.53. The van der Waals surface area contributed by atoms with E-state index >= 15 is 0 Å². The molecule has 1 N–H and O–H groups in total. The van der Waals surface area contributed by atoms with E-state index in [0.29, 0.717) is 37.6 Å². The monoisotopic (exact) mass is 377 g/mol. The van der Waals surface area contributed by atoms with Crippen LogP contribution in [0.25, 0.3) is 0 Å². The molecule has 3 rings (SSSR count). The predicted molar refractivity (Wildman–Crippen MR) is 80.6 cm³/mol. The van der Waals surface area contributed by atoms with E-state index < -0.39 is 32.5 Å². The van der Waals surface area contributed by atoms with Gasteiger partial charge in [0.15, 0.2) is 0 Å². The molecule has 1 aromatic heterocycles. The van der Waals surface area contributed by atoms with E-state index in [0.717, 1.165) is 5.82 Å². The normalized spacial score (nSPS) is 18.2. The number of halogens is 4. The first-order chi connectivity index (χ1) is 11.7. The summed E-state index contributed by atoms with van der Waals surface area (Å²) in [5.41, 5.74) is -1.21. The second-order valence-corrected chi connectivity index (χ2v) is 7.63. The molecule has 0 bridgehead atoms.